The lowest BCUT2D eigenvalue weighted by atomic mass is 10.0. The number of hydrogen-bond donors (Lipinski definition) is 2. The van der Waals surface area contributed by atoms with Crippen LogP contribution in [0.5, 0.6) is 0 Å². The summed E-state index contributed by atoms with van der Waals surface area (Å²) in [7, 11) is 0. The van der Waals surface area contributed by atoms with Gasteiger partial charge in [0.25, 0.3) is 0 Å². The monoisotopic (exact) mass is 458 g/mol. The second-order valence-electron chi connectivity index (χ2n) is 8.21. The van der Waals surface area contributed by atoms with Crippen molar-refractivity contribution in [3.63, 3.8) is 0 Å². The van der Waals surface area contributed by atoms with Crippen LogP contribution in [0.25, 0.3) is 44.8 Å². The second kappa shape index (κ2) is 8.90. The minimum Gasteiger partial charge on any atom is -0.341 e. The molecule has 4 heterocycles. The fourth-order valence-corrected chi connectivity index (χ4v) is 4.19. The minimum atomic E-state index is -0.0566. The van der Waals surface area contributed by atoms with Crippen molar-refractivity contribution in [2.75, 3.05) is 0 Å². The van der Waals surface area contributed by atoms with E-state index >= 15 is 0 Å². The number of nitrogens with zero attached hydrogens (tertiary/aromatic N) is 6. The molecular formula is C27H22N8. The highest BCUT2D eigenvalue weighted by molar-refractivity contribution is 5.82. The van der Waals surface area contributed by atoms with Crippen molar-refractivity contribution in [3.8, 4) is 22.8 Å². The molecule has 0 atom stereocenters. The van der Waals surface area contributed by atoms with Crippen molar-refractivity contribution in [2.45, 2.75) is 19.3 Å². The van der Waals surface area contributed by atoms with E-state index in [1.807, 2.05) is 61.5 Å². The number of aromatic nitrogens is 8. The lowest BCUT2D eigenvalue weighted by Crippen LogP contribution is -2.04. The molecule has 170 valence electrons. The van der Waals surface area contributed by atoms with Crippen molar-refractivity contribution in [3.05, 3.63) is 97.1 Å². The van der Waals surface area contributed by atoms with Gasteiger partial charge in [-0.1, -0.05) is 12.2 Å². The molecule has 0 fully saturated rings. The number of nitrogens with one attached hydrogen (secondary N) is 2. The van der Waals surface area contributed by atoms with Gasteiger partial charge in [0, 0.05) is 35.9 Å². The summed E-state index contributed by atoms with van der Waals surface area (Å²) < 4.78 is 0. The Morgan fingerprint density at radius 2 is 1.20 bits per heavy atom. The third-order valence-electron chi connectivity index (χ3n) is 5.92. The quantitative estimate of drug-likeness (QED) is 0.321. The maximum Gasteiger partial charge on any atom is 0.159 e. The van der Waals surface area contributed by atoms with Crippen LogP contribution in [0.4, 0.5) is 0 Å². The SMILES string of the molecule is CC=CCC(c1nc2ccc(-c3ncccn3)cc2[nH]1)c1nc2ccc(-c3ncccn3)cc2[nH]1. The highest BCUT2D eigenvalue weighted by atomic mass is 15.0. The Hall–Kier alpha value is -4.72. The van der Waals surface area contributed by atoms with Crippen LogP contribution in [0.1, 0.15) is 30.9 Å². The van der Waals surface area contributed by atoms with E-state index in [2.05, 4.69) is 36.0 Å². The molecule has 0 bridgehead atoms. The lowest BCUT2D eigenvalue weighted by molar-refractivity contribution is 0.729. The Kier molecular flexibility index (Phi) is 5.31. The van der Waals surface area contributed by atoms with Gasteiger partial charge < -0.3 is 9.97 Å². The lowest BCUT2D eigenvalue weighted by Gasteiger charge is -2.09. The van der Waals surface area contributed by atoms with E-state index in [1.54, 1.807) is 24.8 Å². The van der Waals surface area contributed by atoms with Gasteiger partial charge in [-0.3, -0.25) is 0 Å². The first-order valence-electron chi connectivity index (χ1n) is 11.4. The van der Waals surface area contributed by atoms with Crippen LogP contribution in [0, 0.1) is 0 Å². The summed E-state index contributed by atoms with van der Waals surface area (Å²) in [6.45, 7) is 2.02. The van der Waals surface area contributed by atoms with Gasteiger partial charge in [0.15, 0.2) is 11.6 Å². The van der Waals surface area contributed by atoms with Gasteiger partial charge in [0.05, 0.1) is 28.0 Å². The smallest absolute Gasteiger partial charge is 0.159 e. The topological polar surface area (TPSA) is 109 Å². The number of H-pyrrole nitrogens is 2. The van der Waals surface area contributed by atoms with Crippen molar-refractivity contribution in [2.24, 2.45) is 0 Å². The predicted octanol–water partition coefficient (Wildman–Crippen LogP) is 5.45. The standard InChI is InChI=1S/C27H22N8/c1-2-3-6-19(26-32-20-9-7-17(15-22(20)34-26)24-28-11-4-12-29-24)27-33-21-10-8-18(16-23(21)35-27)25-30-13-5-14-31-25/h2-5,7-16,19H,6H2,1H3,(H,32,34)(H,33,35). The van der Waals surface area contributed by atoms with E-state index in [4.69, 9.17) is 9.97 Å². The summed E-state index contributed by atoms with van der Waals surface area (Å²) in [5.41, 5.74) is 5.55. The van der Waals surface area contributed by atoms with Gasteiger partial charge in [0.2, 0.25) is 0 Å². The zero-order chi connectivity index (χ0) is 23.6. The molecule has 0 spiro atoms. The van der Waals surface area contributed by atoms with Crippen LogP contribution in [-0.4, -0.2) is 39.9 Å². The summed E-state index contributed by atoms with van der Waals surface area (Å²) in [6.07, 6.45) is 11.9. The third kappa shape index (κ3) is 4.06. The first-order valence-corrected chi connectivity index (χ1v) is 11.4. The average Bonchev–Trinajstić information content (AvgIpc) is 3.53. The summed E-state index contributed by atoms with van der Waals surface area (Å²) in [5, 5.41) is 0. The molecule has 2 N–H and O–H groups in total. The molecule has 0 aliphatic rings. The van der Waals surface area contributed by atoms with Gasteiger partial charge in [-0.15, -0.1) is 0 Å². The number of hydrogen-bond acceptors (Lipinski definition) is 6. The Morgan fingerprint density at radius 1 is 0.714 bits per heavy atom. The molecule has 0 aliphatic heterocycles. The van der Waals surface area contributed by atoms with Crippen molar-refractivity contribution in [1.29, 1.82) is 0 Å². The summed E-state index contributed by atoms with van der Waals surface area (Å²) in [5.74, 6) is 3.03. The summed E-state index contributed by atoms with van der Waals surface area (Å²) in [6, 6.07) is 15.7. The summed E-state index contributed by atoms with van der Waals surface area (Å²) >= 11 is 0. The molecule has 0 aliphatic carbocycles. The highest BCUT2D eigenvalue weighted by Crippen LogP contribution is 2.30. The maximum absolute atomic E-state index is 4.90. The Bertz CT molecular complexity index is 1520. The number of allylic oxidation sites excluding steroid dienone is 2. The maximum atomic E-state index is 4.90. The van der Waals surface area contributed by atoms with Crippen molar-refractivity contribution < 1.29 is 0 Å². The molecule has 0 saturated heterocycles. The van der Waals surface area contributed by atoms with Crippen molar-refractivity contribution >= 4 is 22.1 Å². The van der Waals surface area contributed by atoms with Gasteiger partial charge in [-0.25, -0.2) is 29.9 Å². The third-order valence-corrected chi connectivity index (χ3v) is 5.92. The second-order valence-corrected chi connectivity index (χ2v) is 8.21. The molecule has 8 heteroatoms. The Labute approximate surface area is 201 Å². The van der Waals surface area contributed by atoms with E-state index in [0.29, 0.717) is 11.6 Å². The number of benzene rings is 2. The molecule has 8 nitrogen and oxygen atoms in total. The fourth-order valence-electron chi connectivity index (χ4n) is 4.19. The average molecular weight is 459 g/mol. The summed E-state index contributed by atoms with van der Waals surface area (Å²) in [4.78, 5) is 34.3. The Balaban J connectivity index is 1.39. The van der Waals surface area contributed by atoms with E-state index in [-0.39, 0.29) is 5.92 Å². The molecule has 2 aromatic carbocycles. The van der Waals surface area contributed by atoms with Crippen LogP contribution in [-0.2, 0) is 0 Å². The molecular weight excluding hydrogens is 436 g/mol. The van der Waals surface area contributed by atoms with Gasteiger partial charge in [-0.2, -0.15) is 0 Å². The number of aromatic amines is 2. The van der Waals surface area contributed by atoms with Gasteiger partial charge in [0.1, 0.15) is 11.6 Å². The molecule has 0 unspecified atom stereocenters. The van der Waals surface area contributed by atoms with E-state index in [9.17, 15) is 0 Å². The Morgan fingerprint density at radius 3 is 1.66 bits per heavy atom. The zero-order valence-corrected chi connectivity index (χ0v) is 19.1. The van der Waals surface area contributed by atoms with Crippen LogP contribution >= 0.6 is 0 Å². The first kappa shape index (κ1) is 20.9. The largest absolute Gasteiger partial charge is 0.341 e. The molecule has 0 radical (unpaired) electrons. The predicted molar refractivity (Wildman–Crippen MR) is 136 cm³/mol. The number of rotatable bonds is 6. The number of fused-ring (bicyclic) bond motifs is 2. The van der Waals surface area contributed by atoms with Crippen LogP contribution in [0.2, 0.25) is 0 Å². The number of imidazole rings is 2. The van der Waals surface area contributed by atoms with E-state index in [0.717, 1.165) is 51.3 Å². The van der Waals surface area contributed by atoms with Crippen molar-refractivity contribution in [1.82, 2.24) is 39.9 Å². The van der Waals surface area contributed by atoms with Gasteiger partial charge in [-0.05, 0) is 61.9 Å². The van der Waals surface area contributed by atoms with E-state index < -0.39 is 0 Å². The molecule has 6 rings (SSSR count). The fraction of sp³-hybridized carbons (Fsp3) is 0.111. The normalized spacial score (nSPS) is 11.8. The molecule has 35 heavy (non-hydrogen) atoms. The van der Waals surface area contributed by atoms with Crippen LogP contribution < -0.4 is 0 Å². The van der Waals surface area contributed by atoms with Crippen LogP contribution in [0.15, 0.2) is 85.5 Å². The molecule has 0 amide bonds. The van der Waals surface area contributed by atoms with E-state index in [1.165, 1.54) is 0 Å². The molecule has 6 aromatic rings. The molecule has 0 saturated carbocycles. The first-order chi connectivity index (χ1) is 17.3. The highest BCUT2D eigenvalue weighted by Gasteiger charge is 2.21. The zero-order valence-electron chi connectivity index (χ0n) is 19.1. The van der Waals surface area contributed by atoms with Gasteiger partial charge >= 0.3 is 0 Å². The minimum absolute atomic E-state index is 0.0566. The molecule has 4 aromatic heterocycles. The van der Waals surface area contributed by atoms with Crippen LogP contribution in [0.3, 0.4) is 0 Å².